The quantitative estimate of drug-likeness (QED) is 0.669. The molecule has 3 nitrogen and oxygen atoms in total. The van der Waals surface area contributed by atoms with Gasteiger partial charge in [0.05, 0.1) is 6.10 Å². The predicted octanol–water partition coefficient (Wildman–Crippen LogP) is 1.19. The zero-order chi connectivity index (χ0) is 10.4. The van der Waals surface area contributed by atoms with E-state index < -0.39 is 0 Å². The third kappa shape index (κ3) is 4.18. The number of hydrogen-bond donors (Lipinski definition) is 1. The van der Waals surface area contributed by atoms with E-state index in [0.29, 0.717) is 12.3 Å². The van der Waals surface area contributed by atoms with Crippen LogP contribution in [0.2, 0.25) is 0 Å². The molecule has 76 valence electrons. The summed E-state index contributed by atoms with van der Waals surface area (Å²) in [6.07, 6.45) is 2.27. The Labute approximate surface area is 79.1 Å². The maximum absolute atomic E-state index is 11.0. The standard InChI is InChI=1S/C9H16O2.CH2O/c1-6-3-8(7(2)10)5-9(11)4-6;1-2/h6,8-9,11H,3-5H2,1-2H3;1H2. The first-order valence-electron chi connectivity index (χ1n) is 4.57. The van der Waals surface area contributed by atoms with Crippen molar-refractivity contribution < 1.29 is 14.7 Å². The molecule has 0 aromatic carbocycles. The number of hydrogen-bond acceptors (Lipinski definition) is 3. The number of carbonyl (C=O) groups is 2. The highest BCUT2D eigenvalue weighted by Crippen LogP contribution is 2.29. The van der Waals surface area contributed by atoms with Gasteiger partial charge >= 0.3 is 0 Å². The Kier molecular flexibility index (Phi) is 5.55. The molecule has 3 unspecified atom stereocenters. The van der Waals surface area contributed by atoms with Crippen molar-refractivity contribution in [3.63, 3.8) is 0 Å². The number of rotatable bonds is 1. The summed E-state index contributed by atoms with van der Waals surface area (Å²) in [4.78, 5) is 19.0. The van der Waals surface area contributed by atoms with Crippen molar-refractivity contribution in [3.8, 4) is 0 Å². The molecule has 1 fully saturated rings. The fraction of sp³-hybridized carbons (Fsp3) is 0.800. The van der Waals surface area contributed by atoms with Crippen LogP contribution in [0.25, 0.3) is 0 Å². The first kappa shape index (κ1) is 12.3. The van der Waals surface area contributed by atoms with Crippen molar-refractivity contribution in [1.29, 1.82) is 0 Å². The van der Waals surface area contributed by atoms with Crippen LogP contribution in [0.4, 0.5) is 0 Å². The van der Waals surface area contributed by atoms with Crippen molar-refractivity contribution in [3.05, 3.63) is 0 Å². The lowest BCUT2D eigenvalue weighted by Gasteiger charge is -2.28. The van der Waals surface area contributed by atoms with E-state index >= 15 is 0 Å². The highest BCUT2D eigenvalue weighted by Gasteiger charge is 2.27. The first-order valence-corrected chi connectivity index (χ1v) is 4.57. The first-order chi connectivity index (χ1) is 6.09. The second-order valence-corrected chi connectivity index (χ2v) is 3.77. The summed E-state index contributed by atoms with van der Waals surface area (Å²) in [7, 11) is 0. The largest absolute Gasteiger partial charge is 0.393 e. The van der Waals surface area contributed by atoms with Gasteiger partial charge in [0.1, 0.15) is 12.6 Å². The molecule has 3 heteroatoms. The van der Waals surface area contributed by atoms with Gasteiger partial charge in [-0.15, -0.1) is 0 Å². The van der Waals surface area contributed by atoms with E-state index in [2.05, 4.69) is 6.92 Å². The Morgan fingerprint density at radius 2 is 1.85 bits per heavy atom. The number of aliphatic hydroxyl groups is 1. The average Bonchev–Trinajstić information content (AvgIpc) is 2.06. The van der Waals surface area contributed by atoms with Crippen molar-refractivity contribution >= 4 is 12.6 Å². The number of ketones is 1. The monoisotopic (exact) mass is 186 g/mol. The van der Waals surface area contributed by atoms with Gasteiger partial charge in [-0.25, -0.2) is 0 Å². The van der Waals surface area contributed by atoms with Crippen molar-refractivity contribution in [2.45, 2.75) is 39.2 Å². The molecule has 0 bridgehead atoms. The van der Waals surface area contributed by atoms with E-state index in [1.807, 2.05) is 6.79 Å². The van der Waals surface area contributed by atoms with Gasteiger partial charge in [0, 0.05) is 5.92 Å². The summed E-state index contributed by atoms with van der Waals surface area (Å²) in [5.74, 6) is 0.858. The van der Waals surface area contributed by atoms with Crippen LogP contribution in [0.3, 0.4) is 0 Å². The highest BCUT2D eigenvalue weighted by molar-refractivity contribution is 5.78. The molecule has 0 heterocycles. The minimum absolute atomic E-state index is 0.119. The van der Waals surface area contributed by atoms with Crippen LogP contribution in [0.15, 0.2) is 0 Å². The van der Waals surface area contributed by atoms with Crippen LogP contribution < -0.4 is 0 Å². The molecule has 13 heavy (non-hydrogen) atoms. The van der Waals surface area contributed by atoms with Crippen LogP contribution in [0.5, 0.6) is 0 Å². The summed E-state index contributed by atoms with van der Waals surface area (Å²) >= 11 is 0. The molecule has 0 aromatic heterocycles. The van der Waals surface area contributed by atoms with Gasteiger partial charge in [0.25, 0.3) is 0 Å². The molecule has 0 saturated heterocycles. The SMILES string of the molecule is C=O.CC(=O)C1CC(C)CC(O)C1. The van der Waals surface area contributed by atoms with Crippen molar-refractivity contribution in [2.24, 2.45) is 11.8 Å². The second kappa shape index (κ2) is 5.86. The predicted molar refractivity (Wildman–Crippen MR) is 50.3 cm³/mol. The third-order valence-corrected chi connectivity index (χ3v) is 2.49. The maximum Gasteiger partial charge on any atom is 0.133 e. The minimum atomic E-state index is -0.243. The molecule has 0 radical (unpaired) electrons. The van der Waals surface area contributed by atoms with Crippen LogP contribution >= 0.6 is 0 Å². The lowest BCUT2D eigenvalue weighted by molar-refractivity contribution is -0.123. The third-order valence-electron chi connectivity index (χ3n) is 2.49. The Morgan fingerprint density at radius 3 is 2.23 bits per heavy atom. The number of aliphatic hydroxyl groups excluding tert-OH is 1. The van der Waals surface area contributed by atoms with Crippen LogP contribution in [0.1, 0.15) is 33.1 Å². The molecule has 0 amide bonds. The molecule has 0 aromatic rings. The fourth-order valence-electron chi connectivity index (χ4n) is 1.90. The van der Waals surface area contributed by atoms with E-state index in [0.717, 1.165) is 12.8 Å². The van der Waals surface area contributed by atoms with Gasteiger partial charge in [-0.05, 0) is 32.1 Å². The Balaban J connectivity index is 0.000000671. The molecule has 0 spiro atoms. The van der Waals surface area contributed by atoms with E-state index in [-0.39, 0.29) is 17.8 Å². The maximum atomic E-state index is 11.0. The zero-order valence-electron chi connectivity index (χ0n) is 8.32. The topological polar surface area (TPSA) is 54.4 Å². The van der Waals surface area contributed by atoms with Crippen LogP contribution in [-0.4, -0.2) is 23.8 Å². The number of Topliss-reactive ketones (excluding diaryl/α,β-unsaturated/α-hetero) is 1. The smallest absolute Gasteiger partial charge is 0.133 e. The van der Waals surface area contributed by atoms with Gasteiger partial charge in [0.15, 0.2) is 0 Å². The fourth-order valence-corrected chi connectivity index (χ4v) is 1.90. The molecular weight excluding hydrogens is 168 g/mol. The molecule has 1 aliphatic rings. The Hall–Kier alpha value is -0.700. The van der Waals surface area contributed by atoms with Gasteiger partial charge in [-0.1, -0.05) is 6.92 Å². The van der Waals surface area contributed by atoms with Crippen LogP contribution in [-0.2, 0) is 9.59 Å². The number of carbonyl (C=O) groups excluding carboxylic acids is 2. The zero-order valence-corrected chi connectivity index (χ0v) is 8.32. The summed E-state index contributed by atoms with van der Waals surface area (Å²) in [6, 6.07) is 0. The lowest BCUT2D eigenvalue weighted by atomic mass is 9.79. The molecule has 1 N–H and O–H groups in total. The normalized spacial score (nSPS) is 33.0. The summed E-state index contributed by atoms with van der Waals surface area (Å²) < 4.78 is 0. The molecule has 3 atom stereocenters. The second-order valence-electron chi connectivity index (χ2n) is 3.77. The van der Waals surface area contributed by atoms with Gasteiger partial charge in [-0.3, -0.25) is 4.79 Å². The molecule has 1 rings (SSSR count). The Bertz CT molecular complexity index is 158. The van der Waals surface area contributed by atoms with Crippen molar-refractivity contribution in [1.82, 2.24) is 0 Å². The van der Waals surface area contributed by atoms with E-state index in [9.17, 15) is 9.90 Å². The molecule has 1 saturated carbocycles. The summed E-state index contributed by atoms with van der Waals surface area (Å²) in [6.45, 7) is 5.72. The molecule has 0 aliphatic heterocycles. The van der Waals surface area contributed by atoms with Crippen molar-refractivity contribution in [2.75, 3.05) is 0 Å². The molecular formula is C10H18O3. The van der Waals surface area contributed by atoms with Gasteiger partial charge < -0.3 is 9.90 Å². The van der Waals surface area contributed by atoms with Gasteiger partial charge in [0.2, 0.25) is 0 Å². The van der Waals surface area contributed by atoms with E-state index in [1.54, 1.807) is 6.92 Å². The molecule has 1 aliphatic carbocycles. The lowest BCUT2D eigenvalue weighted by Crippen LogP contribution is -2.28. The van der Waals surface area contributed by atoms with E-state index in [4.69, 9.17) is 4.79 Å². The van der Waals surface area contributed by atoms with Gasteiger partial charge in [-0.2, -0.15) is 0 Å². The summed E-state index contributed by atoms with van der Waals surface area (Å²) in [5.41, 5.74) is 0. The minimum Gasteiger partial charge on any atom is -0.393 e. The van der Waals surface area contributed by atoms with E-state index in [1.165, 1.54) is 0 Å². The Morgan fingerprint density at radius 1 is 1.31 bits per heavy atom. The highest BCUT2D eigenvalue weighted by atomic mass is 16.3. The van der Waals surface area contributed by atoms with Crippen LogP contribution in [0, 0.1) is 11.8 Å². The average molecular weight is 186 g/mol. The summed E-state index contributed by atoms with van der Waals surface area (Å²) in [5, 5.41) is 9.35.